The van der Waals surface area contributed by atoms with Crippen molar-refractivity contribution in [3.8, 4) is 0 Å². The summed E-state index contributed by atoms with van der Waals surface area (Å²) in [6.07, 6.45) is 1.34. The second kappa shape index (κ2) is 7.34. The van der Waals surface area contributed by atoms with E-state index in [1.165, 1.54) is 0 Å². The van der Waals surface area contributed by atoms with Crippen LogP contribution < -0.4 is 0 Å². The van der Waals surface area contributed by atoms with E-state index >= 15 is 0 Å². The van der Waals surface area contributed by atoms with Crippen LogP contribution in [-0.2, 0) is 36.5 Å². The zero-order chi connectivity index (χ0) is 18.2. The minimum Gasteiger partial charge on any atom is -0.453 e. The third kappa shape index (κ3) is 4.60. The van der Waals surface area contributed by atoms with Crippen LogP contribution in [0, 0.1) is 10.7 Å². The van der Waals surface area contributed by atoms with Gasteiger partial charge in [-0.15, -0.1) is 0 Å². The zero-order valence-corrected chi connectivity index (χ0v) is 17.4. The number of rotatable bonds is 6. The van der Waals surface area contributed by atoms with Crippen LogP contribution in [0.25, 0.3) is 0 Å². The Morgan fingerprint density at radius 2 is 2.24 bits per heavy atom. The van der Waals surface area contributed by atoms with E-state index in [2.05, 4.69) is 25.9 Å². The van der Waals surface area contributed by atoms with Crippen molar-refractivity contribution in [1.82, 2.24) is 19.2 Å². The van der Waals surface area contributed by atoms with Crippen molar-refractivity contribution in [3.05, 3.63) is 33.2 Å². The van der Waals surface area contributed by atoms with Gasteiger partial charge in [0.1, 0.15) is 11.6 Å². The van der Waals surface area contributed by atoms with E-state index in [1.807, 2.05) is 30.8 Å². The van der Waals surface area contributed by atoms with Crippen molar-refractivity contribution in [2.75, 3.05) is 18.6 Å². The molecule has 10 heteroatoms. The number of aromatic nitrogens is 3. The molecule has 0 aromatic carbocycles. The second-order valence-corrected chi connectivity index (χ2v) is 9.97. The lowest BCUT2D eigenvalue weighted by molar-refractivity contribution is 0.224. The van der Waals surface area contributed by atoms with E-state index in [4.69, 9.17) is 16.6 Å². The summed E-state index contributed by atoms with van der Waals surface area (Å²) in [6, 6.07) is 3.79. The summed E-state index contributed by atoms with van der Waals surface area (Å²) in [5.41, 5.74) is 0. The first-order valence-corrected chi connectivity index (χ1v) is 11.0. The van der Waals surface area contributed by atoms with E-state index < -0.39 is 9.84 Å². The van der Waals surface area contributed by atoms with Crippen LogP contribution in [0.2, 0.25) is 0 Å². The molecule has 1 atom stereocenters. The maximum atomic E-state index is 11.6. The molecule has 1 aliphatic rings. The fraction of sp³-hybridized carbons (Fsp3) is 0.600. The van der Waals surface area contributed by atoms with Crippen LogP contribution in [0.4, 0.5) is 0 Å². The van der Waals surface area contributed by atoms with Gasteiger partial charge < -0.3 is 8.98 Å². The number of nitrogens with zero attached hydrogens (tertiary/aromatic N) is 4. The third-order valence-corrected chi connectivity index (χ3v) is 7.11. The highest BCUT2D eigenvalue weighted by Gasteiger charge is 2.29. The highest BCUT2D eigenvalue weighted by molar-refractivity contribution is 9.10. The summed E-state index contributed by atoms with van der Waals surface area (Å²) in [4.78, 5) is 2.05. The summed E-state index contributed by atoms with van der Waals surface area (Å²) in [7, 11) is 0.976. The van der Waals surface area contributed by atoms with Gasteiger partial charge in [0, 0.05) is 13.5 Å². The van der Waals surface area contributed by atoms with Crippen molar-refractivity contribution in [2.45, 2.75) is 26.1 Å². The van der Waals surface area contributed by atoms with Gasteiger partial charge in [0.2, 0.25) is 0 Å². The van der Waals surface area contributed by atoms with Gasteiger partial charge in [-0.3, -0.25) is 4.90 Å². The van der Waals surface area contributed by atoms with Gasteiger partial charge >= 0.3 is 0 Å². The summed E-state index contributed by atoms with van der Waals surface area (Å²) < 4.78 is 33.8. The fourth-order valence-corrected chi connectivity index (χ4v) is 5.48. The van der Waals surface area contributed by atoms with Gasteiger partial charge in [-0.25, -0.2) is 13.1 Å². The molecule has 0 saturated carbocycles. The number of hydrogen-bond donors (Lipinski definition) is 0. The average molecular weight is 449 g/mol. The fourth-order valence-electron chi connectivity index (χ4n) is 3.08. The molecule has 2 aromatic heterocycles. The quantitative estimate of drug-likeness (QED) is 0.631. The molecular weight excluding hydrogens is 428 g/mol. The lowest BCUT2D eigenvalue weighted by Crippen LogP contribution is -2.22. The van der Waals surface area contributed by atoms with Gasteiger partial charge in [-0.05, 0) is 59.7 Å². The molecule has 1 saturated heterocycles. The van der Waals surface area contributed by atoms with E-state index in [0.717, 1.165) is 11.6 Å². The second-order valence-electron chi connectivity index (χ2n) is 6.59. The molecule has 3 rings (SSSR count). The van der Waals surface area contributed by atoms with Crippen LogP contribution in [0.5, 0.6) is 0 Å². The van der Waals surface area contributed by atoms with E-state index in [-0.39, 0.29) is 17.4 Å². The summed E-state index contributed by atoms with van der Waals surface area (Å²) in [5, 5.41) is 4.61. The summed E-state index contributed by atoms with van der Waals surface area (Å²) in [6.45, 7) is 1.17. The SMILES string of the molecule is CN(Cc1ccc(Br)o1)Cn1nc(CC2CCS(=O)(=O)C2)n(C)c1=S. The Kier molecular flexibility index (Phi) is 5.52. The number of halogens is 1. The average Bonchev–Trinajstić information content (AvgIpc) is 3.15. The molecule has 1 fully saturated rings. The van der Waals surface area contributed by atoms with Crippen molar-refractivity contribution in [2.24, 2.45) is 13.0 Å². The highest BCUT2D eigenvalue weighted by Crippen LogP contribution is 2.22. The number of hydrogen-bond acceptors (Lipinski definition) is 6. The van der Waals surface area contributed by atoms with Crippen molar-refractivity contribution >= 4 is 38.0 Å². The molecule has 1 unspecified atom stereocenters. The first kappa shape index (κ1) is 18.8. The molecular formula is C15H21BrN4O3S2. The van der Waals surface area contributed by atoms with Gasteiger partial charge in [-0.1, -0.05) is 0 Å². The van der Waals surface area contributed by atoms with Gasteiger partial charge in [0.15, 0.2) is 19.3 Å². The topological polar surface area (TPSA) is 73.3 Å². The van der Waals surface area contributed by atoms with Crippen molar-refractivity contribution in [1.29, 1.82) is 0 Å². The molecule has 0 amide bonds. The van der Waals surface area contributed by atoms with E-state index in [9.17, 15) is 8.42 Å². The molecule has 0 bridgehead atoms. The Bertz CT molecular complexity index is 916. The molecule has 3 heterocycles. The Morgan fingerprint density at radius 1 is 1.48 bits per heavy atom. The molecule has 138 valence electrons. The summed E-state index contributed by atoms with van der Waals surface area (Å²) >= 11 is 8.77. The van der Waals surface area contributed by atoms with Crippen molar-refractivity contribution < 1.29 is 12.8 Å². The van der Waals surface area contributed by atoms with Crippen LogP contribution in [0.3, 0.4) is 0 Å². The van der Waals surface area contributed by atoms with Crippen LogP contribution in [0.15, 0.2) is 21.2 Å². The zero-order valence-electron chi connectivity index (χ0n) is 14.2. The monoisotopic (exact) mass is 448 g/mol. The van der Waals surface area contributed by atoms with Crippen LogP contribution in [0.1, 0.15) is 18.0 Å². The molecule has 25 heavy (non-hydrogen) atoms. The van der Waals surface area contributed by atoms with Gasteiger partial charge in [-0.2, -0.15) is 5.10 Å². The predicted octanol–water partition coefficient (Wildman–Crippen LogP) is 2.37. The largest absolute Gasteiger partial charge is 0.453 e. The minimum absolute atomic E-state index is 0.132. The van der Waals surface area contributed by atoms with Crippen molar-refractivity contribution in [3.63, 3.8) is 0 Å². The highest BCUT2D eigenvalue weighted by atomic mass is 79.9. The Hall–Kier alpha value is -0.970. The number of furan rings is 1. The number of sulfone groups is 1. The molecule has 0 aliphatic carbocycles. The maximum absolute atomic E-state index is 11.6. The summed E-state index contributed by atoms with van der Waals surface area (Å²) in [5.74, 6) is 2.35. The van der Waals surface area contributed by atoms with Gasteiger partial charge in [0.05, 0.1) is 24.7 Å². The predicted molar refractivity (Wildman–Crippen MR) is 100 cm³/mol. The smallest absolute Gasteiger partial charge is 0.198 e. The maximum Gasteiger partial charge on any atom is 0.198 e. The van der Waals surface area contributed by atoms with Crippen LogP contribution in [-0.4, -0.2) is 46.2 Å². The van der Waals surface area contributed by atoms with E-state index in [1.54, 1.807) is 4.68 Å². The molecule has 0 radical (unpaired) electrons. The minimum atomic E-state index is -2.88. The van der Waals surface area contributed by atoms with Crippen LogP contribution >= 0.6 is 28.1 Å². The molecule has 2 aromatic rings. The first-order valence-electron chi connectivity index (χ1n) is 7.99. The Morgan fingerprint density at radius 3 is 2.84 bits per heavy atom. The normalized spacial score (nSPS) is 19.8. The third-order valence-electron chi connectivity index (χ3n) is 4.36. The Labute approximate surface area is 160 Å². The van der Waals surface area contributed by atoms with Gasteiger partial charge in [0.25, 0.3) is 0 Å². The molecule has 7 nitrogen and oxygen atoms in total. The first-order chi connectivity index (χ1) is 11.7. The lowest BCUT2D eigenvalue weighted by atomic mass is 10.1. The standard InChI is InChI=1S/C15H21BrN4O3S2/c1-18(8-12-3-4-13(16)23-12)10-20-15(24)19(2)14(17-20)7-11-5-6-25(21,22)9-11/h3-4,11H,5-10H2,1-2H3. The van der Waals surface area contributed by atoms with E-state index in [0.29, 0.717) is 35.5 Å². The lowest BCUT2D eigenvalue weighted by Gasteiger charge is -2.14. The molecule has 0 spiro atoms. The molecule has 1 aliphatic heterocycles. The Balaban J connectivity index is 1.67. The molecule has 0 N–H and O–H groups in total.